The van der Waals surface area contributed by atoms with Gasteiger partial charge in [0, 0.05) is 16.5 Å². The van der Waals surface area contributed by atoms with Crippen molar-refractivity contribution in [3.63, 3.8) is 0 Å². The van der Waals surface area contributed by atoms with Gasteiger partial charge in [-0.25, -0.2) is 10.1 Å². The van der Waals surface area contributed by atoms with E-state index in [4.69, 9.17) is 0 Å². The molecule has 0 fully saturated rings. The Bertz CT molecular complexity index is 906. The number of benzene rings is 2. The van der Waals surface area contributed by atoms with Crippen molar-refractivity contribution in [3.05, 3.63) is 52.5 Å². The van der Waals surface area contributed by atoms with Gasteiger partial charge in [-0.3, -0.25) is 4.79 Å². The van der Waals surface area contributed by atoms with Crippen molar-refractivity contribution < 1.29 is 9.90 Å². The van der Waals surface area contributed by atoms with Crippen LogP contribution in [0.3, 0.4) is 0 Å². The van der Waals surface area contributed by atoms with Crippen molar-refractivity contribution >= 4 is 39.1 Å². The Balaban J connectivity index is 1.56. The number of amides is 1. The van der Waals surface area contributed by atoms with Crippen LogP contribution in [-0.2, 0) is 11.3 Å². The normalized spacial score (nSPS) is 11.2. The SMILES string of the molecule is O=C(CCn1nnc2ccccc21)N/N=C\c1cc(Br)ccc1O. The van der Waals surface area contributed by atoms with Gasteiger partial charge in [-0.05, 0) is 30.3 Å². The van der Waals surface area contributed by atoms with Crippen LogP contribution in [0.2, 0.25) is 0 Å². The summed E-state index contributed by atoms with van der Waals surface area (Å²) in [6.07, 6.45) is 1.61. The Labute approximate surface area is 146 Å². The van der Waals surface area contributed by atoms with Gasteiger partial charge >= 0.3 is 0 Å². The molecule has 122 valence electrons. The molecular weight excluding hydrogens is 374 g/mol. The summed E-state index contributed by atoms with van der Waals surface area (Å²) in [5.41, 5.74) is 4.61. The number of carbonyl (C=O) groups is 1. The van der Waals surface area contributed by atoms with E-state index in [1.54, 1.807) is 22.9 Å². The molecule has 0 spiro atoms. The minimum absolute atomic E-state index is 0.0882. The van der Waals surface area contributed by atoms with E-state index in [2.05, 4.69) is 36.8 Å². The van der Waals surface area contributed by atoms with Crippen LogP contribution in [0.4, 0.5) is 0 Å². The van der Waals surface area contributed by atoms with Gasteiger partial charge in [0.1, 0.15) is 11.3 Å². The second-order valence-corrected chi connectivity index (χ2v) is 5.96. The van der Waals surface area contributed by atoms with Gasteiger partial charge in [0.15, 0.2) is 0 Å². The minimum atomic E-state index is -0.250. The van der Waals surface area contributed by atoms with Gasteiger partial charge in [0.25, 0.3) is 0 Å². The Morgan fingerprint density at radius 3 is 3.04 bits per heavy atom. The second-order valence-electron chi connectivity index (χ2n) is 5.05. The second kappa shape index (κ2) is 7.22. The maximum atomic E-state index is 11.9. The molecule has 0 radical (unpaired) electrons. The van der Waals surface area contributed by atoms with Crippen molar-refractivity contribution in [2.75, 3.05) is 0 Å². The van der Waals surface area contributed by atoms with Gasteiger partial charge in [0.2, 0.25) is 5.91 Å². The predicted molar refractivity (Wildman–Crippen MR) is 93.7 cm³/mol. The highest BCUT2D eigenvalue weighted by Crippen LogP contribution is 2.19. The van der Waals surface area contributed by atoms with Crippen LogP contribution in [0.15, 0.2) is 52.0 Å². The highest BCUT2D eigenvalue weighted by Gasteiger charge is 2.06. The number of halogens is 1. The van der Waals surface area contributed by atoms with Crippen LogP contribution in [0, 0.1) is 0 Å². The Morgan fingerprint density at radius 2 is 2.17 bits per heavy atom. The molecule has 24 heavy (non-hydrogen) atoms. The Morgan fingerprint density at radius 1 is 1.33 bits per heavy atom. The number of aryl methyl sites for hydroxylation is 1. The molecule has 0 aliphatic heterocycles. The third kappa shape index (κ3) is 3.77. The fourth-order valence-corrected chi connectivity index (χ4v) is 2.53. The fourth-order valence-electron chi connectivity index (χ4n) is 2.15. The molecule has 8 heteroatoms. The van der Waals surface area contributed by atoms with Gasteiger partial charge in [-0.1, -0.05) is 33.3 Å². The molecule has 0 unspecified atom stereocenters. The summed E-state index contributed by atoms with van der Waals surface area (Å²) in [5, 5.41) is 21.6. The van der Waals surface area contributed by atoms with E-state index < -0.39 is 0 Å². The molecular formula is C16H14BrN5O2. The van der Waals surface area contributed by atoms with Crippen LogP contribution in [-0.4, -0.2) is 32.2 Å². The number of aromatic nitrogens is 3. The molecule has 1 aromatic heterocycles. The summed E-state index contributed by atoms with van der Waals surface area (Å²) in [6, 6.07) is 12.5. The average Bonchev–Trinajstić information content (AvgIpc) is 2.99. The van der Waals surface area contributed by atoms with Crippen LogP contribution >= 0.6 is 15.9 Å². The van der Waals surface area contributed by atoms with Crippen molar-refractivity contribution in [3.8, 4) is 5.75 Å². The van der Waals surface area contributed by atoms with Gasteiger partial charge in [-0.15, -0.1) is 5.10 Å². The zero-order valence-electron chi connectivity index (χ0n) is 12.6. The number of para-hydroxylation sites is 1. The zero-order valence-corrected chi connectivity index (χ0v) is 14.1. The lowest BCUT2D eigenvalue weighted by atomic mass is 10.2. The van der Waals surface area contributed by atoms with E-state index >= 15 is 0 Å². The van der Waals surface area contributed by atoms with Crippen LogP contribution in [0.1, 0.15) is 12.0 Å². The molecule has 0 aliphatic rings. The van der Waals surface area contributed by atoms with E-state index in [9.17, 15) is 9.90 Å². The van der Waals surface area contributed by atoms with E-state index in [0.717, 1.165) is 15.5 Å². The standard InChI is InChI=1S/C16H14BrN5O2/c17-12-5-6-15(23)11(9-12)10-18-20-16(24)7-8-22-14-4-2-1-3-13(14)19-21-22/h1-6,9-10,23H,7-8H2,(H,20,24)/b18-10-. The zero-order chi connectivity index (χ0) is 16.9. The number of rotatable bonds is 5. The molecule has 0 aliphatic carbocycles. The Kier molecular flexibility index (Phi) is 4.85. The summed E-state index contributed by atoms with van der Waals surface area (Å²) in [5.74, 6) is -0.161. The quantitative estimate of drug-likeness (QED) is 0.519. The fraction of sp³-hybridized carbons (Fsp3) is 0.125. The topological polar surface area (TPSA) is 92.4 Å². The van der Waals surface area contributed by atoms with Gasteiger partial charge in [0.05, 0.1) is 18.3 Å². The molecule has 3 rings (SSSR count). The number of aromatic hydroxyl groups is 1. The molecule has 3 aromatic rings. The molecule has 0 bridgehead atoms. The predicted octanol–water partition coefficient (Wildman–Crippen LogP) is 2.44. The number of phenols is 1. The van der Waals surface area contributed by atoms with Gasteiger partial charge < -0.3 is 5.11 Å². The van der Waals surface area contributed by atoms with Crippen LogP contribution < -0.4 is 5.43 Å². The monoisotopic (exact) mass is 387 g/mol. The molecule has 0 atom stereocenters. The summed E-state index contributed by atoms with van der Waals surface area (Å²) >= 11 is 3.31. The number of nitrogens with one attached hydrogen (secondary N) is 1. The maximum Gasteiger partial charge on any atom is 0.241 e. The molecule has 0 saturated heterocycles. The summed E-state index contributed by atoms with van der Waals surface area (Å²) in [6.45, 7) is 0.407. The first-order chi connectivity index (χ1) is 11.6. The number of fused-ring (bicyclic) bond motifs is 1. The largest absolute Gasteiger partial charge is 0.507 e. The molecule has 1 heterocycles. The average molecular weight is 388 g/mol. The third-order valence-corrected chi connectivity index (χ3v) is 3.85. The molecule has 2 aromatic carbocycles. The van der Waals surface area contributed by atoms with Crippen LogP contribution in [0.5, 0.6) is 5.75 Å². The lowest BCUT2D eigenvalue weighted by molar-refractivity contribution is -0.121. The summed E-state index contributed by atoms with van der Waals surface area (Å²) in [7, 11) is 0. The Hall–Kier alpha value is -2.74. The van der Waals surface area contributed by atoms with Gasteiger partial charge in [-0.2, -0.15) is 5.10 Å². The number of hydrazone groups is 1. The smallest absolute Gasteiger partial charge is 0.241 e. The molecule has 2 N–H and O–H groups in total. The van der Waals surface area contributed by atoms with E-state index in [0.29, 0.717) is 12.1 Å². The van der Waals surface area contributed by atoms with Crippen molar-refractivity contribution in [1.82, 2.24) is 20.4 Å². The van der Waals surface area contributed by atoms with Crippen molar-refractivity contribution in [2.45, 2.75) is 13.0 Å². The number of phenolic OH excluding ortho intramolecular Hbond substituents is 1. The van der Waals surface area contributed by atoms with E-state index in [1.807, 2.05) is 24.3 Å². The van der Waals surface area contributed by atoms with Crippen LogP contribution in [0.25, 0.3) is 11.0 Å². The first kappa shape index (κ1) is 16.1. The number of hydrogen-bond donors (Lipinski definition) is 2. The highest BCUT2D eigenvalue weighted by molar-refractivity contribution is 9.10. The maximum absolute atomic E-state index is 11.9. The highest BCUT2D eigenvalue weighted by atomic mass is 79.9. The number of hydrogen-bond acceptors (Lipinski definition) is 5. The first-order valence-corrected chi connectivity index (χ1v) is 8.01. The number of carbonyl (C=O) groups excluding carboxylic acids is 1. The molecule has 1 amide bonds. The lowest BCUT2D eigenvalue weighted by Crippen LogP contribution is -2.19. The molecule has 0 saturated carbocycles. The van der Waals surface area contributed by atoms with E-state index in [1.165, 1.54) is 6.21 Å². The number of nitrogens with zero attached hydrogens (tertiary/aromatic N) is 4. The third-order valence-electron chi connectivity index (χ3n) is 3.35. The summed E-state index contributed by atoms with van der Waals surface area (Å²) in [4.78, 5) is 11.9. The molecule has 7 nitrogen and oxygen atoms in total. The summed E-state index contributed by atoms with van der Waals surface area (Å²) < 4.78 is 2.49. The van der Waals surface area contributed by atoms with Crippen molar-refractivity contribution in [2.24, 2.45) is 5.10 Å². The minimum Gasteiger partial charge on any atom is -0.507 e. The lowest BCUT2D eigenvalue weighted by Gasteiger charge is -2.02. The first-order valence-electron chi connectivity index (χ1n) is 7.22. The van der Waals surface area contributed by atoms with Crippen molar-refractivity contribution in [1.29, 1.82) is 0 Å². The van der Waals surface area contributed by atoms with E-state index in [-0.39, 0.29) is 18.1 Å².